The first-order valence-corrected chi connectivity index (χ1v) is 11.0. The normalized spacial score (nSPS) is 23.6. The van der Waals surface area contributed by atoms with Crippen LogP contribution in [-0.4, -0.2) is 75.6 Å². The average molecular weight is 413 g/mol. The van der Waals surface area contributed by atoms with E-state index in [1.807, 2.05) is 13.0 Å². The number of hydrogen-bond acceptors (Lipinski definition) is 6. The molecule has 0 saturated carbocycles. The number of aliphatic hydroxyl groups is 1. The number of amides is 1. The number of carbonyl (C=O) groups is 1. The van der Waals surface area contributed by atoms with Crippen molar-refractivity contribution >= 4 is 5.91 Å². The molecular weight excluding hydrogens is 380 g/mol. The first kappa shape index (κ1) is 21.0. The number of nitrogens with zero attached hydrogens (tertiary/aromatic N) is 4. The van der Waals surface area contributed by atoms with Crippen molar-refractivity contribution in [1.29, 1.82) is 0 Å². The summed E-state index contributed by atoms with van der Waals surface area (Å²) in [5, 5.41) is 10.5. The Morgan fingerprint density at radius 2 is 1.80 bits per heavy atom. The maximum absolute atomic E-state index is 12.8. The largest absolute Gasteiger partial charge is 0.447 e. The van der Waals surface area contributed by atoms with Gasteiger partial charge in [0.1, 0.15) is 6.26 Å². The molecule has 4 rings (SSSR count). The molecule has 2 aliphatic heterocycles. The summed E-state index contributed by atoms with van der Waals surface area (Å²) in [7, 11) is 0. The molecule has 7 nitrogen and oxygen atoms in total. The van der Waals surface area contributed by atoms with E-state index in [9.17, 15) is 9.90 Å². The number of β-amino-alcohol motifs (C(OH)–C–C–N with tert-alkyl or cyclic N) is 1. The summed E-state index contributed by atoms with van der Waals surface area (Å²) in [5.74, 6) is 0.432. The Balaban J connectivity index is 1.27. The highest BCUT2D eigenvalue weighted by atomic mass is 16.3. The molecule has 2 aromatic rings. The van der Waals surface area contributed by atoms with Crippen LogP contribution in [0.25, 0.3) is 0 Å². The van der Waals surface area contributed by atoms with Gasteiger partial charge in [-0.1, -0.05) is 37.3 Å². The lowest BCUT2D eigenvalue weighted by Gasteiger charge is -2.38. The number of likely N-dealkylation sites (tertiary alicyclic amines) is 1. The van der Waals surface area contributed by atoms with Crippen molar-refractivity contribution in [2.75, 3.05) is 39.3 Å². The lowest BCUT2D eigenvalue weighted by atomic mass is 9.90. The highest BCUT2D eigenvalue weighted by molar-refractivity contribution is 5.92. The van der Waals surface area contributed by atoms with Gasteiger partial charge in [-0.05, 0) is 24.8 Å². The second kappa shape index (κ2) is 9.29. The SMILES string of the molecule is CCC1(O)CCCN(C(=O)c2coc(CN3CCN(Cc4ccccc4)CC3)n2)C1. The number of piperidine rings is 1. The van der Waals surface area contributed by atoms with E-state index in [1.54, 1.807) is 4.90 Å². The van der Waals surface area contributed by atoms with Crippen LogP contribution < -0.4 is 0 Å². The van der Waals surface area contributed by atoms with Gasteiger partial charge in [0.15, 0.2) is 5.69 Å². The summed E-state index contributed by atoms with van der Waals surface area (Å²) in [4.78, 5) is 23.7. The van der Waals surface area contributed by atoms with Crippen molar-refractivity contribution in [3.8, 4) is 0 Å². The Hall–Kier alpha value is -2.22. The van der Waals surface area contributed by atoms with Gasteiger partial charge in [0.05, 0.1) is 12.1 Å². The summed E-state index contributed by atoms with van der Waals surface area (Å²) < 4.78 is 5.60. The minimum atomic E-state index is -0.778. The fourth-order valence-corrected chi connectivity index (χ4v) is 4.36. The second-order valence-corrected chi connectivity index (χ2v) is 8.57. The third-order valence-electron chi connectivity index (χ3n) is 6.34. The molecule has 30 heavy (non-hydrogen) atoms. The second-order valence-electron chi connectivity index (χ2n) is 8.57. The van der Waals surface area contributed by atoms with Gasteiger partial charge < -0.3 is 14.4 Å². The Morgan fingerprint density at radius 1 is 1.10 bits per heavy atom. The molecule has 1 unspecified atom stereocenters. The van der Waals surface area contributed by atoms with E-state index in [1.165, 1.54) is 11.8 Å². The van der Waals surface area contributed by atoms with Crippen LogP contribution in [0.2, 0.25) is 0 Å². The van der Waals surface area contributed by atoms with Crippen LogP contribution in [-0.2, 0) is 13.1 Å². The predicted molar refractivity (Wildman–Crippen MR) is 114 cm³/mol. The zero-order chi connectivity index (χ0) is 21.0. The highest BCUT2D eigenvalue weighted by Gasteiger charge is 2.34. The summed E-state index contributed by atoms with van der Waals surface area (Å²) in [6.07, 6.45) is 3.67. The Morgan fingerprint density at radius 3 is 2.50 bits per heavy atom. The summed E-state index contributed by atoms with van der Waals surface area (Å²) in [5.41, 5.74) is 0.905. The van der Waals surface area contributed by atoms with E-state index in [4.69, 9.17) is 4.42 Å². The van der Waals surface area contributed by atoms with Gasteiger partial charge in [0.2, 0.25) is 5.89 Å². The molecule has 0 spiro atoms. The van der Waals surface area contributed by atoms with Gasteiger partial charge >= 0.3 is 0 Å². The lowest BCUT2D eigenvalue weighted by molar-refractivity contribution is -0.0271. The fourth-order valence-electron chi connectivity index (χ4n) is 4.36. The van der Waals surface area contributed by atoms with E-state index in [0.29, 0.717) is 37.6 Å². The first-order chi connectivity index (χ1) is 14.5. The maximum Gasteiger partial charge on any atom is 0.275 e. The number of hydrogen-bond donors (Lipinski definition) is 1. The average Bonchev–Trinajstić information content (AvgIpc) is 3.24. The van der Waals surface area contributed by atoms with Crippen LogP contribution in [0.3, 0.4) is 0 Å². The molecule has 2 fully saturated rings. The number of carbonyl (C=O) groups excluding carboxylic acids is 1. The standard InChI is InChI=1S/C23H32N4O3/c1-2-23(29)9-6-10-27(18-23)22(28)20-17-30-21(24-20)16-26-13-11-25(12-14-26)15-19-7-4-3-5-8-19/h3-5,7-8,17,29H,2,6,9-16,18H2,1H3. The molecule has 0 radical (unpaired) electrons. The zero-order valence-corrected chi connectivity index (χ0v) is 17.8. The number of aromatic nitrogens is 1. The quantitative estimate of drug-likeness (QED) is 0.785. The molecule has 0 aliphatic carbocycles. The van der Waals surface area contributed by atoms with Crippen molar-refractivity contribution in [2.45, 2.75) is 44.9 Å². The van der Waals surface area contributed by atoms with Gasteiger partial charge in [0.25, 0.3) is 5.91 Å². The summed E-state index contributed by atoms with van der Waals surface area (Å²) in [6, 6.07) is 10.5. The van der Waals surface area contributed by atoms with Crippen LogP contribution in [0.1, 0.15) is 48.1 Å². The zero-order valence-electron chi connectivity index (χ0n) is 17.8. The molecule has 2 saturated heterocycles. The molecule has 162 valence electrons. The number of piperazine rings is 1. The van der Waals surface area contributed by atoms with Crippen LogP contribution in [0.4, 0.5) is 0 Å². The van der Waals surface area contributed by atoms with Gasteiger partial charge in [-0.15, -0.1) is 0 Å². The van der Waals surface area contributed by atoms with E-state index >= 15 is 0 Å². The molecule has 1 atom stereocenters. The Bertz CT molecular complexity index is 832. The van der Waals surface area contributed by atoms with Crippen molar-refractivity contribution in [1.82, 2.24) is 19.7 Å². The minimum Gasteiger partial charge on any atom is -0.447 e. The summed E-state index contributed by atoms with van der Waals surface area (Å²) >= 11 is 0. The van der Waals surface area contributed by atoms with E-state index < -0.39 is 5.60 Å². The van der Waals surface area contributed by atoms with Gasteiger partial charge in [-0.2, -0.15) is 0 Å². The monoisotopic (exact) mass is 412 g/mol. The molecular formula is C23H32N4O3. The first-order valence-electron chi connectivity index (χ1n) is 11.0. The van der Waals surface area contributed by atoms with Crippen molar-refractivity contribution in [2.24, 2.45) is 0 Å². The lowest BCUT2D eigenvalue weighted by Crippen LogP contribution is -2.50. The molecule has 7 heteroatoms. The van der Waals surface area contributed by atoms with E-state index in [-0.39, 0.29) is 5.91 Å². The van der Waals surface area contributed by atoms with Crippen LogP contribution in [0.5, 0.6) is 0 Å². The smallest absolute Gasteiger partial charge is 0.275 e. The Labute approximate surface area is 178 Å². The highest BCUT2D eigenvalue weighted by Crippen LogP contribution is 2.25. The van der Waals surface area contributed by atoms with Gasteiger partial charge in [-0.3, -0.25) is 14.6 Å². The molecule has 1 aromatic carbocycles. The molecule has 3 heterocycles. The number of benzene rings is 1. The van der Waals surface area contributed by atoms with Crippen LogP contribution >= 0.6 is 0 Å². The third-order valence-corrected chi connectivity index (χ3v) is 6.34. The predicted octanol–water partition coefficient (Wildman–Crippen LogP) is 2.37. The minimum absolute atomic E-state index is 0.149. The fraction of sp³-hybridized carbons (Fsp3) is 0.565. The number of rotatable bonds is 6. The van der Waals surface area contributed by atoms with Crippen LogP contribution in [0.15, 0.2) is 41.0 Å². The van der Waals surface area contributed by atoms with Gasteiger partial charge in [-0.25, -0.2) is 4.98 Å². The van der Waals surface area contributed by atoms with Crippen molar-refractivity contribution in [3.05, 3.63) is 53.7 Å². The van der Waals surface area contributed by atoms with Crippen LogP contribution in [0, 0.1) is 0 Å². The Kier molecular flexibility index (Phi) is 6.51. The third kappa shape index (κ3) is 5.09. The van der Waals surface area contributed by atoms with E-state index in [2.05, 4.69) is 39.0 Å². The topological polar surface area (TPSA) is 73.1 Å². The molecule has 1 amide bonds. The number of oxazole rings is 1. The van der Waals surface area contributed by atoms with Crippen molar-refractivity contribution in [3.63, 3.8) is 0 Å². The maximum atomic E-state index is 12.8. The summed E-state index contributed by atoms with van der Waals surface area (Å²) in [6.45, 7) is 8.50. The van der Waals surface area contributed by atoms with Crippen molar-refractivity contribution < 1.29 is 14.3 Å². The molecule has 2 aliphatic rings. The van der Waals surface area contributed by atoms with Gasteiger partial charge in [0, 0.05) is 45.8 Å². The van der Waals surface area contributed by atoms with E-state index in [0.717, 1.165) is 45.6 Å². The molecule has 0 bridgehead atoms. The molecule has 1 N–H and O–H groups in total. The molecule has 1 aromatic heterocycles.